The normalized spacial score (nSPS) is 32.8. The second-order valence-corrected chi connectivity index (χ2v) is 7.31. The van der Waals surface area contributed by atoms with E-state index in [0.29, 0.717) is 11.7 Å². The highest BCUT2D eigenvalue weighted by Gasteiger charge is 2.42. The molecule has 0 spiro atoms. The van der Waals surface area contributed by atoms with Gasteiger partial charge in [0.25, 0.3) is 0 Å². The first-order chi connectivity index (χ1) is 9.52. The Morgan fingerprint density at radius 2 is 1.95 bits per heavy atom. The fourth-order valence-corrected chi connectivity index (χ4v) is 4.67. The quantitative estimate of drug-likeness (QED) is 0.906. The maximum atomic E-state index is 9.93. The van der Waals surface area contributed by atoms with Crippen molar-refractivity contribution in [1.82, 2.24) is 4.90 Å². The second kappa shape index (κ2) is 5.40. The van der Waals surface area contributed by atoms with Crippen LogP contribution in [0.15, 0.2) is 18.2 Å². The molecule has 0 heterocycles. The highest BCUT2D eigenvalue weighted by atomic mass is 16.3. The van der Waals surface area contributed by atoms with Gasteiger partial charge in [-0.2, -0.15) is 0 Å². The Morgan fingerprint density at radius 3 is 2.65 bits per heavy atom. The third kappa shape index (κ3) is 2.71. The van der Waals surface area contributed by atoms with Gasteiger partial charge < -0.3 is 10.0 Å². The molecule has 0 aromatic heterocycles. The van der Waals surface area contributed by atoms with Gasteiger partial charge in [0.15, 0.2) is 0 Å². The lowest BCUT2D eigenvalue weighted by molar-refractivity contribution is 0.165. The van der Waals surface area contributed by atoms with Crippen LogP contribution in [0.1, 0.15) is 42.7 Å². The summed E-state index contributed by atoms with van der Waals surface area (Å²) in [6, 6.07) is 6.16. The van der Waals surface area contributed by atoms with E-state index in [2.05, 4.69) is 32.0 Å². The minimum atomic E-state index is 0.432. The van der Waals surface area contributed by atoms with Gasteiger partial charge in [-0.3, -0.25) is 0 Å². The van der Waals surface area contributed by atoms with Crippen LogP contribution < -0.4 is 0 Å². The van der Waals surface area contributed by atoms with Crippen LogP contribution in [0, 0.1) is 24.7 Å². The molecule has 2 saturated carbocycles. The molecule has 110 valence electrons. The molecule has 2 aliphatic carbocycles. The molecule has 2 unspecified atom stereocenters. The molecule has 2 heteroatoms. The van der Waals surface area contributed by atoms with E-state index in [0.717, 1.165) is 17.8 Å². The molecule has 0 saturated heterocycles. The minimum Gasteiger partial charge on any atom is -0.508 e. The third-order valence-electron chi connectivity index (χ3n) is 5.38. The monoisotopic (exact) mass is 273 g/mol. The summed E-state index contributed by atoms with van der Waals surface area (Å²) in [7, 11) is 4.37. The first-order valence-electron chi connectivity index (χ1n) is 7.98. The van der Waals surface area contributed by atoms with Crippen LogP contribution in [0.5, 0.6) is 5.75 Å². The SMILES string of the molecule is Cc1cc(O)cc([C@@H]2CC3CCC(C3)[C@@H]2CN(C)C)c1. The topological polar surface area (TPSA) is 23.5 Å². The number of hydrogen-bond acceptors (Lipinski definition) is 2. The Labute approximate surface area is 122 Å². The largest absolute Gasteiger partial charge is 0.508 e. The molecule has 0 amide bonds. The fourth-order valence-electron chi connectivity index (χ4n) is 4.67. The van der Waals surface area contributed by atoms with Gasteiger partial charge >= 0.3 is 0 Å². The number of nitrogens with zero attached hydrogens (tertiary/aromatic N) is 1. The lowest BCUT2D eigenvalue weighted by atomic mass is 9.69. The number of rotatable bonds is 3. The number of hydrogen-bond donors (Lipinski definition) is 1. The van der Waals surface area contributed by atoms with E-state index in [1.54, 1.807) is 0 Å². The summed E-state index contributed by atoms with van der Waals surface area (Å²) >= 11 is 0. The number of aromatic hydroxyl groups is 1. The van der Waals surface area contributed by atoms with E-state index in [1.807, 2.05) is 12.1 Å². The van der Waals surface area contributed by atoms with Crippen LogP contribution in [0.25, 0.3) is 0 Å². The molecule has 2 bridgehead atoms. The van der Waals surface area contributed by atoms with E-state index in [1.165, 1.54) is 43.4 Å². The summed E-state index contributed by atoms with van der Waals surface area (Å²) in [5.74, 6) is 3.63. The van der Waals surface area contributed by atoms with Gasteiger partial charge in [0, 0.05) is 6.54 Å². The zero-order valence-corrected chi connectivity index (χ0v) is 13.0. The van der Waals surface area contributed by atoms with Crippen molar-refractivity contribution < 1.29 is 5.11 Å². The molecule has 2 nitrogen and oxygen atoms in total. The zero-order valence-electron chi connectivity index (χ0n) is 13.0. The Kier molecular flexibility index (Phi) is 3.76. The van der Waals surface area contributed by atoms with Gasteiger partial charge in [-0.25, -0.2) is 0 Å². The highest BCUT2D eigenvalue weighted by molar-refractivity contribution is 5.35. The van der Waals surface area contributed by atoms with Crippen molar-refractivity contribution in [2.75, 3.05) is 20.6 Å². The van der Waals surface area contributed by atoms with Crippen molar-refractivity contribution in [3.63, 3.8) is 0 Å². The molecule has 2 fully saturated rings. The average Bonchev–Trinajstić information content (AvgIpc) is 2.74. The van der Waals surface area contributed by atoms with Gasteiger partial charge in [0.05, 0.1) is 0 Å². The van der Waals surface area contributed by atoms with Crippen molar-refractivity contribution in [2.45, 2.75) is 38.5 Å². The summed E-state index contributed by atoms with van der Waals surface area (Å²) < 4.78 is 0. The van der Waals surface area contributed by atoms with Crippen LogP contribution in [-0.4, -0.2) is 30.6 Å². The molecule has 3 rings (SSSR count). The van der Waals surface area contributed by atoms with Gasteiger partial charge in [0.2, 0.25) is 0 Å². The maximum Gasteiger partial charge on any atom is 0.116 e. The molecular weight excluding hydrogens is 246 g/mol. The van der Waals surface area contributed by atoms with Crippen molar-refractivity contribution in [3.8, 4) is 5.75 Å². The average molecular weight is 273 g/mol. The number of phenolic OH excluding ortho intramolecular Hbond substituents is 1. The molecule has 1 aromatic rings. The van der Waals surface area contributed by atoms with Gasteiger partial charge in [0.1, 0.15) is 5.75 Å². The van der Waals surface area contributed by atoms with Gasteiger partial charge in [-0.1, -0.05) is 12.5 Å². The zero-order chi connectivity index (χ0) is 14.3. The second-order valence-electron chi connectivity index (χ2n) is 7.31. The molecule has 4 atom stereocenters. The first kappa shape index (κ1) is 13.9. The van der Waals surface area contributed by atoms with Crippen molar-refractivity contribution >= 4 is 0 Å². The Morgan fingerprint density at radius 1 is 1.15 bits per heavy atom. The number of phenols is 1. The molecule has 1 N–H and O–H groups in total. The van der Waals surface area contributed by atoms with E-state index in [4.69, 9.17) is 0 Å². The molecule has 20 heavy (non-hydrogen) atoms. The summed E-state index contributed by atoms with van der Waals surface area (Å²) in [5, 5.41) is 9.93. The Hall–Kier alpha value is -1.02. The Bertz CT molecular complexity index is 462. The molecule has 2 aliphatic rings. The van der Waals surface area contributed by atoms with Crippen LogP contribution in [0.3, 0.4) is 0 Å². The highest BCUT2D eigenvalue weighted by Crippen LogP contribution is 2.52. The van der Waals surface area contributed by atoms with E-state index in [9.17, 15) is 5.11 Å². The summed E-state index contributed by atoms with van der Waals surface area (Å²) in [5.41, 5.74) is 2.55. The van der Waals surface area contributed by atoms with E-state index < -0.39 is 0 Å². The molecular formula is C18H27NO. The predicted molar refractivity (Wildman–Crippen MR) is 83.1 cm³/mol. The summed E-state index contributed by atoms with van der Waals surface area (Å²) in [6.07, 6.45) is 5.59. The number of fused-ring (bicyclic) bond motifs is 2. The lowest BCUT2D eigenvalue weighted by Gasteiger charge is -2.39. The van der Waals surface area contributed by atoms with Gasteiger partial charge in [-0.05, 0) is 87.2 Å². The lowest BCUT2D eigenvalue weighted by Crippen LogP contribution is -2.34. The predicted octanol–water partition coefficient (Wildman–Crippen LogP) is 3.78. The van der Waals surface area contributed by atoms with E-state index in [-0.39, 0.29) is 0 Å². The Balaban J connectivity index is 1.91. The minimum absolute atomic E-state index is 0.432. The van der Waals surface area contributed by atoms with Crippen LogP contribution in [-0.2, 0) is 0 Å². The van der Waals surface area contributed by atoms with Crippen molar-refractivity contribution in [1.29, 1.82) is 0 Å². The standard InChI is InChI=1S/C18H27NO/c1-12-6-15(10-16(20)7-12)17-9-13-4-5-14(8-13)18(17)11-19(2)3/h6-7,10,13-14,17-18,20H,4-5,8-9,11H2,1-3H3/t13?,14?,17-,18-/m0/s1. The maximum absolute atomic E-state index is 9.93. The third-order valence-corrected chi connectivity index (χ3v) is 5.38. The number of aryl methyl sites for hydroxylation is 1. The summed E-state index contributed by atoms with van der Waals surface area (Å²) in [6.45, 7) is 3.26. The van der Waals surface area contributed by atoms with Crippen LogP contribution in [0.2, 0.25) is 0 Å². The smallest absolute Gasteiger partial charge is 0.116 e. The molecule has 0 radical (unpaired) electrons. The van der Waals surface area contributed by atoms with Crippen LogP contribution in [0.4, 0.5) is 0 Å². The molecule has 0 aliphatic heterocycles. The van der Waals surface area contributed by atoms with Crippen molar-refractivity contribution in [3.05, 3.63) is 29.3 Å². The van der Waals surface area contributed by atoms with Crippen molar-refractivity contribution in [2.24, 2.45) is 17.8 Å². The van der Waals surface area contributed by atoms with Gasteiger partial charge in [-0.15, -0.1) is 0 Å². The fraction of sp³-hybridized carbons (Fsp3) is 0.667. The first-order valence-corrected chi connectivity index (χ1v) is 7.98. The summed E-state index contributed by atoms with van der Waals surface area (Å²) in [4.78, 5) is 2.34. The molecule has 1 aromatic carbocycles. The number of benzene rings is 1. The van der Waals surface area contributed by atoms with E-state index >= 15 is 0 Å². The van der Waals surface area contributed by atoms with Crippen LogP contribution >= 0.6 is 0 Å².